The third kappa shape index (κ3) is 3.05. The number of carbonyl (C=O) groups excluding carboxylic acids is 1. The van der Waals surface area contributed by atoms with Gasteiger partial charge in [-0.2, -0.15) is 0 Å². The molecule has 1 amide bonds. The van der Waals surface area contributed by atoms with Crippen molar-refractivity contribution in [3.8, 4) is 0 Å². The molecule has 3 heterocycles. The summed E-state index contributed by atoms with van der Waals surface area (Å²) in [5.74, 6) is -1.28. The third-order valence-corrected chi connectivity index (χ3v) is 4.91. The minimum atomic E-state index is -2.10. The number of amides is 1. The van der Waals surface area contributed by atoms with Crippen molar-refractivity contribution in [2.24, 2.45) is 10.7 Å². The Bertz CT molecular complexity index is 1050. The van der Waals surface area contributed by atoms with Gasteiger partial charge < -0.3 is 20.5 Å². The van der Waals surface area contributed by atoms with Crippen LogP contribution in [0, 0.1) is 12.4 Å². The fourth-order valence-corrected chi connectivity index (χ4v) is 3.39. The highest BCUT2D eigenvalue weighted by molar-refractivity contribution is 6.03. The number of aromatic nitrogens is 1. The molecule has 1 aromatic carbocycles. The first-order valence-electron chi connectivity index (χ1n) is 8.57. The maximum atomic E-state index is 15.5. The van der Waals surface area contributed by atoms with Crippen LogP contribution in [0.1, 0.15) is 16.1 Å². The zero-order valence-electron chi connectivity index (χ0n) is 15.0. The van der Waals surface area contributed by atoms with E-state index in [9.17, 15) is 9.18 Å². The van der Waals surface area contributed by atoms with Gasteiger partial charge in [0.25, 0.3) is 11.9 Å². The molecule has 2 aromatic rings. The van der Waals surface area contributed by atoms with Gasteiger partial charge >= 0.3 is 0 Å². The first-order chi connectivity index (χ1) is 13.9. The van der Waals surface area contributed by atoms with E-state index >= 15 is 4.39 Å². The molecule has 8 nitrogen and oxygen atoms in total. The largest absolute Gasteiger partial charge is 0.462 e. The van der Waals surface area contributed by atoms with E-state index in [1.54, 1.807) is 0 Å². The van der Waals surface area contributed by atoms with Gasteiger partial charge in [-0.25, -0.2) is 18.6 Å². The molecule has 0 unspecified atom stereocenters. The van der Waals surface area contributed by atoms with Crippen LogP contribution in [-0.4, -0.2) is 42.4 Å². The molecular weight excluding hydrogens is 384 g/mol. The number of halogens is 2. The number of fused-ring (bicyclic) bond motifs is 1. The zero-order valence-corrected chi connectivity index (χ0v) is 15.0. The van der Waals surface area contributed by atoms with Crippen molar-refractivity contribution in [3.63, 3.8) is 0 Å². The van der Waals surface area contributed by atoms with Crippen LogP contribution in [0.25, 0.3) is 4.85 Å². The highest BCUT2D eigenvalue weighted by Gasteiger charge is 2.62. The fourth-order valence-electron chi connectivity index (χ4n) is 3.39. The predicted octanol–water partition coefficient (Wildman–Crippen LogP) is 2.30. The maximum Gasteiger partial charge on any atom is 0.283 e. The molecule has 0 radical (unpaired) electrons. The van der Waals surface area contributed by atoms with E-state index in [4.69, 9.17) is 21.8 Å². The predicted molar refractivity (Wildman–Crippen MR) is 98.8 cm³/mol. The molecule has 3 N–H and O–H groups in total. The lowest BCUT2D eigenvalue weighted by Crippen LogP contribution is -2.55. The van der Waals surface area contributed by atoms with Gasteiger partial charge in [-0.05, 0) is 24.3 Å². The average Bonchev–Trinajstić information content (AvgIpc) is 3.06. The Morgan fingerprint density at radius 2 is 2.10 bits per heavy atom. The van der Waals surface area contributed by atoms with E-state index in [1.807, 2.05) is 0 Å². The summed E-state index contributed by atoms with van der Waals surface area (Å²) in [6.07, 6.45) is 1.27. The molecule has 2 atom stereocenters. The minimum absolute atomic E-state index is 0.0683. The summed E-state index contributed by atoms with van der Waals surface area (Å²) >= 11 is 0. The standard InChI is InChI=1S/C19H15F2N5O3/c1-23-12-3-5-15(24-7-12)16(27)25-11-2-4-14(20)13(6-11)19-10-28-8-18(19,21)9-29-17(22)26-19/h2-7H,8-10H2,(H2,22,26)(H,25,27)/t18-,19-/m1/s1. The van der Waals surface area contributed by atoms with Gasteiger partial charge in [0.1, 0.15) is 18.1 Å². The molecule has 4 rings (SSSR count). The van der Waals surface area contributed by atoms with E-state index in [0.717, 1.165) is 6.07 Å². The van der Waals surface area contributed by atoms with E-state index in [0.29, 0.717) is 5.69 Å². The maximum absolute atomic E-state index is 15.5. The van der Waals surface area contributed by atoms with Crippen molar-refractivity contribution in [3.05, 3.63) is 65.0 Å². The molecule has 1 aromatic heterocycles. The number of amidine groups is 1. The zero-order chi connectivity index (χ0) is 20.6. The molecule has 2 aliphatic rings. The van der Waals surface area contributed by atoms with Gasteiger partial charge in [0.2, 0.25) is 5.69 Å². The van der Waals surface area contributed by atoms with Gasteiger partial charge in [-0.3, -0.25) is 9.78 Å². The smallest absolute Gasteiger partial charge is 0.283 e. The summed E-state index contributed by atoms with van der Waals surface area (Å²) in [6.45, 7) is 5.95. The van der Waals surface area contributed by atoms with Crippen LogP contribution in [0.15, 0.2) is 41.5 Å². The van der Waals surface area contributed by atoms with Crippen LogP contribution in [0.4, 0.5) is 20.2 Å². The number of alkyl halides is 1. The number of rotatable bonds is 3. The van der Waals surface area contributed by atoms with Crippen LogP contribution in [0.5, 0.6) is 0 Å². The first kappa shape index (κ1) is 18.8. The quantitative estimate of drug-likeness (QED) is 0.771. The number of benzene rings is 1. The summed E-state index contributed by atoms with van der Waals surface area (Å²) in [7, 11) is 0. The average molecular weight is 399 g/mol. The lowest BCUT2D eigenvalue weighted by atomic mass is 9.78. The van der Waals surface area contributed by atoms with Crippen LogP contribution in [-0.2, 0) is 15.0 Å². The van der Waals surface area contributed by atoms with Gasteiger partial charge in [-0.1, -0.05) is 6.07 Å². The summed E-state index contributed by atoms with van der Waals surface area (Å²) < 4.78 is 40.4. The molecule has 2 aliphatic heterocycles. The lowest BCUT2D eigenvalue weighted by molar-refractivity contribution is 0.00905. The Labute approximate surface area is 164 Å². The molecule has 29 heavy (non-hydrogen) atoms. The summed E-state index contributed by atoms with van der Waals surface area (Å²) in [5.41, 5.74) is 2.29. The van der Waals surface area contributed by atoms with Crippen LogP contribution >= 0.6 is 0 Å². The number of ether oxygens (including phenoxy) is 2. The van der Waals surface area contributed by atoms with Crippen molar-refractivity contribution < 1.29 is 23.0 Å². The van der Waals surface area contributed by atoms with Gasteiger partial charge in [-0.15, -0.1) is 0 Å². The van der Waals surface area contributed by atoms with E-state index < -0.39 is 29.5 Å². The van der Waals surface area contributed by atoms with Crippen molar-refractivity contribution in [1.82, 2.24) is 4.98 Å². The lowest BCUT2D eigenvalue weighted by Gasteiger charge is -2.38. The summed E-state index contributed by atoms with van der Waals surface area (Å²) in [4.78, 5) is 23.6. The summed E-state index contributed by atoms with van der Waals surface area (Å²) in [6, 6.07) is 6.33. The number of hydrogen-bond acceptors (Lipinski definition) is 6. The Hall–Kier alpha value is -3.58. The molecule has 148 valence electrons. The Balaban J connectivity index is 1.68. The molecule has 0 saturated carbocycles. The Morgan fingerprint density at radius 1 is 1.28 bits per heavy atom. The number of hydrogen-bond donors (Lipinski definition) is 2. The van der Waals surface area contributed by atoms with Crippen LogP contribution in [0.2, 0.25) is 0 Å². The minimum Gasteiger partial charge on any atom is -0.462 e. The second-order valence-corrected chi connectivity index (χ2v) is 6.72. The molecule has 0 aliphatic carbocycles. The highest BCUT2D eigenvalue weighted by atomic mass is 19.1. The molecule has 10 heteroatoms. The van der Waals surface area contributed by atoms with Crippen molar-refractivity contribution in [2.45, 2.75) is 11.2 Å². The molecule has 0 spiro atoms. The molecular formula is C19H15F2N5O3. The van der Waals surface area contributed by atoms with Gasteiger partial charge in [0.15, 0.2) is 11.2 Å². The number of nitrogens with two attached hydrogens (primary N) is 1. The monoisotopic (exact) mass is 399 g/mol. The number of aliphatic imine (C=N–C) groups is 1. The number of nitrogens with zero attached hydrogens (tertiary/aromatic N) is 3. The highest BCUT2D eigenvalue weighted by Crippen LogP contribution is 2.48. The number of nitrogens with one attached hydrogen (secondary N) is 1. The number of anilines is 1. The Kier molecular flexibility index (Phi) is 4.39. The van der Waals surface area contributed by atoms with E-state index in [-0.39, 0.29) is 36.2 Å². The Morgan fingerprint density at radius 3 is 2.83 bits per heavy atom. The fraction of sp³-hybridized carbons (Fsp3) is 0.263. The SMILES string of the molecule is [C-]#[N+]c1ccc(C(=O)Nc2ccc(F)c([C@]34COC[C@@]3(F)COC(N)=N4)c2)nc1. The van der Waals surface area contributed by atoms with E-state index in [2.05, 4.69) is 20.1 Å². The summed E-state index contributed by atoms with van der Waals surface area (Å²) in [5, 5.41) is 2.58. The van der Waals surface area contributed by atoms with Crippen molar-refractivity contribution >= 4 is 23.3 Å². The van der Waals surface area contributed by atoms with E-state index in [1.165, 1.54) is 30.5 Å². The van der Waals surface area contributed by atoms with Gasteiger partial charge in [0.05, 0.1) is 19.8 Å². The van der Waals surface area contributed by atoms with Gasteiger partial charge in [0, 0.05) is 17.4 Å². The van der Waals surface area contributed by atoms with Crippen molar-refractivity contribution in [1.29, 1.82) is 0 Å². The second-order valence-electron chi connectivity index (χ2n) is 6.72. The molecule has 1 saturated heterocycles. The second kappa shape index (κ2) is 6.79. The van der Waals surface area contributed by atoms with Crippen LogP contribution in [0.3, 0.4) is 0 Å². The topological polar surface area (TPSA) is 103 Å². The molecule has 1 fully saturated rings. The first-order valence-corrected chi connectivity index (χ1v) is 8.57. The van der Waals surface area contributed by atoms with Crippen LogP contribution < -0.4 is 11.1 Å². The number of carbonyl (C=O) groups is 1. The molecule has 0 bridgehead atoms. The third-order valence-electron chi connectivity index (χ3n) is 4.91. The normalized spacial score (nSPS) is 25.3. The van der Waals surface area contributed by atoms with Crippen molar-refractivity contribution in [2.75, 3.05) is 25.1 Å². The number of pyridine rings is 1.